The van der Waals surface area contributed by atoms with E-state index in [0.29, 0.717) is 39.3 Å². The number of esters is 2. The van der Waals surface area contributed by atoms with E-state index in [1.165, 1.54) is 13.2 Å². The summed E-state index contributed by atoms with van der Waals surface area (Å²) in [5, 5.41) is 0.781. The zero-order chi connectivity index (χ0) is 21.7. The van der Waals surface area contributed by atoms with E-state index in [1.54, 1.807) is 36.4 Å². The molecule has 0 saturated carbocycles. The summed E-state index contributed by atoms with van der Waals surface area (Å²) in [6, 6.07) is 9.78. The van der Waals surface area contributed by atoms with Gasteiger partial charge in [0.1, 0.15) is 0 Å². The Labute approximate surface area is 182 Å². The lowest BCUT2D eigenvalue weighted by Crippen LogP contribution is -2.13. The van der Waals surface area contributed by atoms with Gasteiger partial charge in [-0.1, -0.05) is 29.3 Å². The van der Waals surface area contributed by atoms with Crippen LogP contribution in [0.15, 0.2) is 47.1 Å². The number of carbonyl (C=O) groups is 2. The molecule has 2 aromatic carbocycles. The Morgan fingerprint density at radius 3 is 2.63 bits per heavy atom. The standard InChI is InChI=1S/C21H17Cl2NO6/c1-3-28-18-9-12(4-7-17(18)29-11-19(25)27-2)8-16-21(26)30-20(24-16)14-6-5-13(22)10-15(14)23/h4-10H,3,11H2,1-2H3/b16-8-. The van der Waals surface area contributed by atoms with Gasteiger partial charge in [0.15, 0.2) is 23.8 Å². The molecule has 9 heteroatoms. The average molecular weight is 450 g/mol. The van der Waals surface area contributed by atoms with E-state index in [0.717, 1.165) is 0 Å². The van der Waals surface area contributed by atoms with E-state index in [1.807, 2.05) is 6.92 Å². The fourth-order valence-corrected chi connectivity index (χ4v) is 3.03. The summed E-state index contributed by atoms with van der Waals surface area (Å²) in [5.74, 6) is -0.251. The van der Waals surface area contributed by atoms with Crippen LogP contribution in [-0.2, 0) is 19.1 Å². The molecule has 156 valence electrons. The Balaban J connectivity index is 1.87. The fourth-order valence-electron chi connectivity index (χ4n) is 2.54. The van der Waals surface area contributed by atoms with Crippen LogP contribution < -0.4 is 9.47 Å². The Kier molecular flexibility index (Phi) is 6.97. The van der Waals surface area contributed by atoms with Crippen LogP contribution in [-0.4, -0.2) is 38.2 Å². The number of hydrogen-bond acceptors (Lipinski definition) is 7. The van der Waals surface area contributed by atoms with Crippen molar-refractivity contribution in [2.45, 2.75) is 6.92 Å². The molecule has 0 aromatic heterocycles. The molecular weight excluding hydrogens is 433 g/mol. The van der Waals surface area contributed by atoms with E-state index in [-0.39, 0.29) is 18.2 Å². The molecule has 0 bridgehead atoms. The van der Waals surface area contributed by atoms with Gasteiger partial charge in [-0.15, -0.1) is 0 Å². The number of hydrogen-bond donors (Lipinski definition) is 0. The molecule has 30 heavy (non-hydrogen) atoms. The van der Waals surface area contributed by atoms with Crippen LogP contribution in [0.1, 0.15) is 18.1 Å². The van der Waals surface area contributed by atoms with Gasteiger partial charge < -0.3 is 18.9 Å². The number of nitrogens with zero attached hydrogens (tertiary/aromatic N) is 1. The minimum absolute atomic E-state index is 0.0935. The van der Waals surface area contributed by atoms with Crippen LogP contribution in [0.3, 0.4) is 0 Å². The van der Waals surface area contributed by atoms with Gasteiger partial charge in [-0.3, -0.25) is 0 Å². The number of cyclic esters (lactones) is 1. The van der Waals surface area contributed by atoms with Gasteiger partial charge in [0.05, 0.1) is 24.3 Å². The van der Waals surface area contributed by atoms with Gasteiger partial charge in [0.2, 0.25) is 5.90 Å². The summed E-state index contributed by atoms with van der Waals surface area (Å²) < 4.78 is 20.8. The van der Waals surface area contributed by atoms with Gasteiger partial charge in [-0.25, -0.2) is 14.6 Å². The van der Waals surface area contributed by atoms with Crippen LogP contribution in [0.4, 0.5) is 0 Å². The minimum atomic E-state index is -0.611. The maximum absolute atomic E-state index is 12.2. The smallest absolute Gasteiger partial charge is 0.363 e. The van der Waals surface area contributed by atoms with Crippen LogP contribution in [0.25, 0.3) is 6.08 Å². The zero-order valence-electron chi connectivity index (χ0n) is 16.1. The van der Waals surface area contributed by atoms with Gasteiger partial charge in [-0.2, -0.15) is 0 Å². The molecule has 2 aromatic rings. The van der Waals surface area contributed by atoms with E-state index >= 15 is 0 Å². The molecule has 1 heterocycles. The predicted molar refractivity (Wildman–Crippen MR) is 112 cm³/mol. The van der Waals surface area contributed by atoms with Crippen LogP contribution in [0, 0.1) is 0 Å². The average Bonchev–Trinajstić information content (AvgIpc) is 3.07. The lowest BCUT2D eigenvalue weighted by molar-refractivity contribution is -0.143. The SMILES string of the molecule is CCOc1cc(/C=C2\N=C(c3ccc(Cl)cc3Cl)OC2=O)ccc1OCC(=O)OC. The Hall–Kier alpha value is -3.03. The lowest BCUT2D eigenvalue weighted by Gasteiger charge is -2.11. The van der Waals surface area contributed by atoms with Crippen molar-refractivity contribution in [2.75, 3.05) is 20.3 Å². The second-order valence-electron chi connectivity index (χ2n) is 5.96. The first-order valence-corrected chi connectivity index (χ1v) is 9.61. The van der Waals surface area contributed by atoms with Crippen molar-refractivity contribution in [1.82, 2.24) is 0 Å². The number of benzene rings is 2. The van der Waals surface area contributed by atoms with E-state index in [2.05, 4.69) is 9.73 Å². The van der Waals surface area contributed by atoms with Crippen molar-refractivity contribution in [1.29, 1.82) is 0 Å². The third kappa shape index (κ3) is 5.11. The number of methoxy groups -OCH3 is 1. The highest BCUT2D eigenvalue weighted by Crippen LogP contribution is 2.31. The Morgan fingerprint density at radius 1 is 1.13 bits per heavy atom. The predicted octanol–water partition coefficient (Wildman–Crippen LogP) is 4.29. The normalized spacial score (nSPS) is 14.3. The maximum atomic E-state index is 12.2. The van der Waals surface area contributed by atoms with Gasteiger partial charge in [0.25, 0.3) is 0 Å². The number of rotatable bonds is 7. The highest BCUT2D eigenvalue weighted by Gasteiger charge is 2.26. The van der Waals surface area contributed by atoms with Crippen molar-refractivity contribution in [3.05, 3.63) is 63.3 Å². The summed E-state index contributed by atoms with van der Waals surface area (Å²) in [6.07, 6.45) is 1.55. The minimum Gasteiger partial charge on any atom is -0.490 e. The number of ether oxygens (including phenoxy) is 4. The van der Waals surface area contributed by atoms with Crippen LogP contribution in [0.2, 0.25) is 10.0 Å². The molecule has 0 atom stereocenters. The number of halogens is 2. The second-order valence-corrected chi connectivity index (χ2v) is 6.81. The van der Waals surface area contributed by atoms with Gasteiger partial charge in [-0.05, 0) is 48.9 Å². The maximum Gasteiger partial charge on any atom is 0.363 e. The molecule has 0 N–H and O–H groups in total. The molecule has 0 radical (unpaired) electrons. The first-order chi connectivity index (χ1) is 14.4. The van der Waals surface area contributed by atoms with Crippen molar-refractivity contribution in [3.63, 3.8) is 0 Å². The lowest BCUT2D eigenvalue weighted by atomic mass is 10.1. The van der Waals surface area contributed by atoms with E-state index in [4.69, 9.17) is 37.4 Å². The van der Waals surface area contributed by atoms with Crippen molar-refractivity contribution >= 4 is 47.1 Å². The Morgan fingerprint density at radius 2 is 1.93 bits per heavy atom. The molecular formula is C21H17Cl2NO6. The summed E-state index contributed by atoms with van der Waals surface area (Å²) in [4.78, 5) is 27.8. The molecule has 0 unspecified atom stereocenters. The van der Waals surface area contributed by atoms with Crippen molar-refractivity contribution < 1.29 is 28.5 Å². The quantitative estimate of drug-likeness (QED) is 0.463. The van der Waals surface area contributed by atoms with Crippen LogP contribution >= 0.6 is 23.2 Å². The summed E-state index contributed by atoms with van der Waals surface area (Å²) in [5.41, 5.74) is 1.18. The van der Waals surface area contributed by atoms with Crippen molar-refractivity contribution in [2.24, 2.45) is 4.99 Å². The van der Waals surface area contributed by atoms with E-state index in [9.17, 15) is 9.59 Å². The molecule has 0 fully saturated rings. The number of carbonyl (C=O) groups excluding carboxylic acids is 2. The first kappa shape index (κ1) is 21.7. The molecule has 7 nitrogen and oxygen atoms in total. The second kappa shape index (κ2) is 9.65. The highest BCUT2D eigenvalue weighted by atomic mass is 35.5. The fraction of sp³-hybridized carbons (Fsp3) is 0.190. The zero-order valence-corrected chi connectivity index (χ0v) is 17.6. The first-order valence-electron chi connectivity index (χ1n) is 8.85. The van der Waals surface area contributed by atoms with Gasteiger partial charge >= 0.3 is 11.9 Å². The third-order valence-corrected chi connectivity index (χ3v) is 4.47. The third-order valence-electron chi connectivity index (χ3n) is 3.93. The summed E-state index contributed by atoms with van der Waals surface area (Å²) in [7, 11) is 1.27. The summed E-state index contributed by atoms with van der Waals surface area (Å²) >= 11 is 12.1. The highest BCUT2D eigenvalue weighted by molar-refractivity contribution is 6.37. The topological polar surface area (TPSA) is 83.4 Å². The molecule has 1 aliphatic heterocycles. The van der Waals surface area contributed by atoms with Gasteiger partial charge in [0, 0.05) is 5.02 Å². The summed E-state index contributed by atoms with van der Waals surface area (Å²) in [6.45, 7) is 1.95. The van der Waals surface area contributed by atoms with Crippen molar-refractivity contribution in [3.8, 4) is 11.5 Å². The monoisotopic (exact) mass is 449 g/mol. The molecule has 0 amide bonds. The molecule has 0 saturated heterocycles. The molecule has 0 aliphatic carbocycles. The molecule has 3 rings (SSSR count). The van der Waals surface area contributed by atoms with Crippen LogP contribution in [0.5, 0.6) is 11.5 Å². The Bertz CT molecular complexity index is 1050. The van der Waals surface area contributed by atoms with E-state index < -0.39 is 11.9 Å². The number of aliphatic imine (C=N–C) groups is 1. The largest absolute Gasteiger partial charge is 0.490 e. The molecule has 1 aliphatic rings. The molecule has 0 spiro atoms.